The summed E-state index contributed by atoms with van der Waals surface area (Å²) in [5.41, 5.74) is 1.00. The number of piperazine rings is 2. The molecule has 0 saturated carbocycles. The lowest BCUT2D eigenvalue weighted by Crippen LogP contribution is -2.66. The van der Waals surface area contributed by atoms with Crippen molar-refractivity contribution in [1.82, 2.24) is 14.7 Å². The van der Waals surface area contributed by atoms with E-state index in [1.54, 1.807) is 48.0 Å². The van der Waals surface area contributed by atoms with Crippen LogP contribution in [0.2, 0.25) is 0 Å². The number of carbonyl (C=O) groups is 4. The van der Waals surface area contributed by atoms with Gasteiger partial charge < -0.3 is 20.0 Å². The van der Waals surface area contributed by atoms with Gasteiger partial charge in [-0.3, -0.25) is 19.2 Å². The van der Waals surface area contributed by atoms with Crippen molar-refractivity contribution in [3.8, 4) is 0 Å². The molecule has 0 aliphatic carbocycles. The third kappa shape index (κ3) is 3.40. The largest absolute Gasteiger partial charge is 0.335 e. The molecule has 2 aliphatic heterocycles. The predicted molar refractivity (Wildman–Crippen MR) is 94.4 cm³/mol. The van der Waals surface area contributed by atoms with Gasteiger partial charge >= 0.3 is 0 Å². The van der Waals surface area contributed by atoms with Crippen LogP contribution in [-0.2, 0) is 14.4 Å². The average molecular weight is 358 g/mol. The maximum absolute atomic E-state index is 12.8. The monoisotopic (exact) mass is 358 g/mol. The molecule has 2 aliphatic rings. The van der Waals surface area contributed by atoms with Crippen molar-refractivity contribution in [2.75, 3.05) is 38.5 Å². The quantitative estimate of drug-likeness (QED) is 0.833. The van der Waals surface area contributed by atoms with E-state index in [0.717, 1.165) is 0 Å². The highest BCUT2D eigenvalue weighted by molar-refractivity contribution is 5.99. The number of anilines is 1. The summed E-state index contributed by atoms with van der Waals surface area (Å²) in [7, 11) is 1.60. The fraction of sp³-hybridized carbons (Fsp3) is 0.444. The zero-order valence-corrected chi connectivity index (χ0v) is 14.9. The molecule has 8 nitrogen and oxygen atoms in total. The van der Waals surface area contributed by atoms with Gasteiger partial charge in [0.1, 0.15) is 6.04 Å². The van der Waals surface area contributed by atoms with E-state index in [0.29, 0.717) is 30.8 Å². The first-order chi connectivity index (χ1) is 12.4. The van der Waals surface area contributed by atoms with Crippen LogP contribution in [0.25, 0.3) is 0 Å². The van der Waals surface area contributed by atoms with E-state index in [9.17, 15) is 19.2 Å². The van der Waals surface area contributed by atoms with Gasteiger partial charge in [0, 0.05) is 37.8 Å². The second kappa shape index (κ2) is 7.15. The van der Waals surface area contributed by atoms with Crippen LogP contribution < -0.4 is 5.32 Å². The van der Waals surface area contributed by atoms with Crippen molar-refractivity contribution in [2.24, 2.45) is 0 Å². The number of nitrogens with zero attached hydrogens (tertiary/aromatic N) is 3. The number of amides is 4. The van der Waals surface area contributed by atoms with E-state index in [1.165, 1.54) is 4.90 Å². The molecule has 0 unspecified atom stereocenters. The van der Waals surface area contributed by atoms with Crippen molar-refractivity contribution in [3.63, 3.8) is 0 Å². The van der Waals surface area contributed by atoms with Gasteiger partial charge in [0.25, 0.3) is 5.91 Å². The molecule has 8 heteroatoms. The van der Waals surface area contributed by atoms with Crippen LogP contribution >= 0.6 is 0 Å². The number of likely N-dealkylation sites (N-methyl/N-ethyl adjacent to an activating group) is 1. The first kappa shape index (κ1) is 17.9. The summed E-state index contributed by atoms with van der Waals surface area (Å²) >= 11 is 0. The number of benzene rings is 1. The first-order valence-electron chi connectivity index (χ1n) is 8.64. The zero-order valence-electron chi connectivity index (χ0n) is 14.9. The second-order valence-corrected chi connectivity index (χ2v) is 6.53. The van der Waals surface area contributed by atoms with Gasteiger partial charge in [-0.15, -0.1) is 0 Å². The third-order valence-corrected chi connectivity index (χ3v) is 4.74. The summed E-state index contributed by atoms with van der Waals surface area (Å²) in [5.74, 6) is -0.581. The van der Waals surface area contributed by atoms with E-state index in [-0.39, 0.29) is 36.7 Å². The molecule has 0 spiro atoms. The summed E-state index contributed by atoms with van der Waals surface area (Å²) < 4.78 is 0. The van der Waals surface area contributed by atoms with Crippen LogP contribution in [0.15, 0.2) is 24.3 Å². The molecule has 1 atom stereocenters. The van der Waals surface area contributed by atoms with Crippen LogP contribution in [-0.4, -0.2) is 77.6 Å². The van der Waals surface area contributed by atoms with Gasteiger partial charge in [0.05, 0.1) is 13.1 Å². The number of rotatable bonds is 3. The molecule has 4 amide bonds. The molecule has 2 heterocycles. The van der Waals surface area contributed by atoms with Crippen molar-refractivity contribution in [1.29, 1.82) is 0 Å². The zero-order chi connectivity index (χ0) is 18.8. The fourth-order valence-corrected chi connectivity index (χ4v) is 3.27. The van der Waals surface area contributed by atoms with Crippen molar-refractivity contribution < 1.29 is 19.2 Å². The summed E-state index contributed by atoms with van der Waals surface area (Å²) in [6, 6.07) is 6.11. The van der Waals surface area contributed by atoms with E-state index in [1.807, 2.05) is 0 Å². The van der Waals surface area contributed by atoms with Gasteiger partial charge in [-0.05, 0) is 18.2 Å². The highest BCUT2D eigenvalue weighted by Gasteiger charge is 2.42. The van der Waals surface area contributed by atoms with Gasteiger partial charge in [-0.2, -0.15) is 0 Å². The Labute approximate surface area is 151 Å². The molecular formula is C18H22N4O4. The lowest BCUT2D eigenvalue weighted by molar-refractivity contribution is -0.157. The topological polar surface area (TPSA) is 90.0 Å². The SMILES string of the molecule is CCC(=O)Nc1cccc(C(=O)N2CCN3C(=O)CN(C)C(=O)[C@H]3C2)c1. The number of carbonyl (C=O) groups excluding carboxylic acids is 4. The number of hydrogen-bond acceptors (Lipinski definition) is 4. The Morgan fingerprint density at radius 2 is 2.00 bits per heavy atom. The average Bonchev–Trinajstić information content (AvgIpc) is 2.65. The summed E-state index contributed by atoms with van der Waals surface area (Å²) in [6.45, 7) is 2.75. The normalized spacial score (nSPS) is 20.1. The Kier molecular flexibility index (Phi) is 4.92. The van der Waals surface area contributed by atoms with Crippen LogP contribution in [0.4, 0.5) is 5.69 Å². The Morgan fingerprint density at radius 3 is 2.73 bits per heavy atom. The van der Waals surface area contributed by atoms with Gasteiger partial charge in [-0.25, -0.2) is 0 Å². The molecule has 138 valence electrons. The summed E-state index contributed by atoms with van der Waals surface area (Å²) in [6.07, 6.45) is 0.353. The van der Waals surface area contributed by atoms with Crippen molar-refractivity contribution in [2.45, 2.75) is 19.4 Å². The minimum atomic E-state index is -0.623. The molecule has 1 aromatic carbocycles. The van der Waals surface area contributed by atoms with E-state index >= 15 is 0 Å². The maximum Gasteiger partial charge on any atom is 0.254 e. The van der Waals surface area contributed by atoms with E-state index in [4.69, 9.17) is 0 Å². The lowest BCUT2D eigenvalue weighted by Gasteiger charge is -2.45. The van der Waals surface area contributed by atoms with Crippen LogP contribution in [0.3, 0.4) is 0 Å². The molecule has 0 radical (unpaired) electrons. The van der Waals surface area contributed by atoms with Crippen LogP contribution in [0, 0.1) is 0 Å². The Bertz CT molecular complexity index is 763. The third-order valence-electron chi connectivity index (χ3n) is 4.74. The highest BCUT2D eigenvalue weighted by atomic mass is 16.2. The number of hydrogen-bond donors (Lipinski definition) is 1. The summed E-state index contributed by atoms with van der Waals surface area (Å²) in [4.78, 5) is 53.4. The minimum absolute atomic E-state index is 0.0858. The fourth-order valence-electron chi connectivity index (χ4n) is 3.27. The standard InChI is InChI=1S/C18H22N4O4/c1-3-15(23)19-13-6-4-5-12(9-13)17(25)21-7-8-22-14(10-21)18(26)20(2)11-16(22)24/h4-6,9,14H,3,7-8,10-11H2,1-2H3,(H,19,23)/t14-/m1/s1. The van der Waals surface area contributed by atoms with E-state index < -0.39 is 6.04 Å². The molecular weight excluding hydrogens is 336 g/mol. The Hall–Kier alpha value is -2.90. The molecule has 0 bridgehead atoms. The van der Waals surface area contributed by atoms with E-state index in [2.05, 4.69) is 5.32 Å². The highest BCUT2D eigenvalue weighted by Crippen LogP contribution is 2.20. The minimum Gasteiger partial charge on any atom is -0.335 e. The first-order valence-corrected chi connectivity index (χ1v) is 8.64. The van der Waals surface area contributed by atoms with Crippen LogP contribution in [0.1, 0.15) is 23.7 Å². The molecule has 1 aromatic rings. The van der Waals surface area contributed by atoms with Crippen molar-refractivity contribution in [3.05, 3.63) is 29.8 Å². The molecule has 2 fully saturated rings. The summed E-state index contributed by atoms with van der Waals surface area (Å²) in [5, 5.41) is 2.73. The molecule has 3 rings (SSSR count). The predicted octanol–water partition coefficient (Wildman–Crippen LogP) is 0.160. The number of nitrogens with one attached hydrogen (secondary N) is 1. The smallest absolute Gasteiger partial charge is 0.254 e. The molecule has 2 saturated heterocycles. The van der Waals surface area contributed by atoms with Gasteiger partial charge in [0.15, 0.2) is 0 Å². The molecule has 1 N–H and O–H groups in total. The van der Waals surface area contributed by atoms with Crippen LogP contribution in [0.5, 0.6) is 0 Å². The Morgan fingerprint density at radius 1 is 1.23 bits per heavy atom. The van der Waals surface area contributed by atoms with Gasteiger partial charge in [-0.1, -0.05) is 13.0 Å². The van der Waals surface area contributed by atoms with Gasteiger partial charge in [0.2, 0.25) is 17.7 Å². The van der Waals surface area contributed by atoms with Crippen molar-refractivity contribution >= 4 is 29.3 Å². The Balaban J connectivity index is 1.75. The number of fused-ring (bicyclic) bond motifs is 1. The molecule has 26 heavy (non-hydrogen) atoms. The second-order valence-electron chi connectivity index (χ2n) is 6.53. The maximum atomic E-state index is 12.8. The molecule has 0 aromatic heterocycles. The lowest BCUT2D eigenvalue weighted by atomic mass is 10.1.